The van der Waals surface area contributed by atoms with Crippen molar-refractivity contribution in [2.24, 2.45) is 0 Å². The summed E-state index contributed by atoms with van der Waals surface area (Å²) in [6, 6.07) is 16.5. The van der Waals surface area contributed by atoms with E-state index in [0.717, 1.165) is 63.5 Å². The van der Waals surface area contributed by atoms with Crippen LogP contribution in [0.1, 0.15) is 16.9 Å². The van der Waals surface area contributed by atoms with Crippen molar-refractivity contribution in [3.8, 4) is 11.1 Å². The Balaban J connectivity index is 0.000000883. The molecule has 8 nitrogen and oxygen atoms in total. The first kappa shape index (κ1) is 25.5. The highest BCUT2D eigenvalue weighted by Crippen LogP contribution is 2.44. The number of thiophene rings is 1. The number of nitrogens with one attached hydrogen (secondary N) is 1. The van der Waals surface area contributed by atoms with E-state index in [0.29, 0.717) is 18.0 Å². The van der Waals surface area contributed by atoms with Gasteiger partial charge >= 0.3 is 0 Å². The van der Waals surface area contributed by atoms with Crippen LogP contribution in [-0.4, -0.2) is 52.0 Å². The van der Waals surface area contributed by atoms with Crippen LogP contribution >= 0.6 is 22.9 Å². The van der Waals surface area contributed by atoms with Crippen molar-refractivity contribution in [2.45, 2.75) is 25.4 Å². The van der Waals surface area contributed by atoms with Gasteiger partial charge in [0, 0.05) is 57.9 Å². The second kappa shape index (κ2) is 10.8. The Labute approximate surface area is 233 Å². The quantitative estimate of drug-likeness (QED) is 0.305. The maximum Gasteiger partial charge on any atom is 0.290 e. The minimum Gasteiger partial charge on any atom is -0.483 e. The van der Waals surface area contributed by atoms with Crippen LogP contribution in [0.3, 0.4) is 0 Å². The molecule has 2 aliphatic rings. The third-order valence-corrected chi connectivity index (χ3v) is 8.67. The average Bonchev–Trinajstić information content (AvgIpc) is 3.32. The first-order valence-corrected chi connectivity index (χ1v) is 14.0. The molecule has 1 saturated heterocycles. The van der Waals surface area contributed by atoms with Gasteiger partial charge in [-0.2, -0.15) is 5.10 Å². The molecule has 10 heteroatoms. The molecule has 2 N–H and O–H groups in total. The Morgan fingerprint density at radius 3 is 2.77 bits per heavy atom. The Hall–Kier alpha value is -3.79. The van der Waals surface area contributed by atoms with E-state index in [2.05, 4.69) is 44.6 Å². The summed E-state index contributed by atoms with van der Waals surface area (Å²) >= 11 is 8.32. The number of rotatable bonds is 4. The molecule has 0 radical (unpaired) electrons. The molecule has 5 aromatic rings. The molecule has 1 fully saturated rings. The zero-order chi connectivity index (χ0) is 26.9. The number of hydrogen-bond donors (Lipinski definition) is 2. The number of halogens is 1. The second-order valence-electron chi connectivity index (χ2n) is 9.66. The van der Waals surface area contributed by atoms with Crippen LogP contribution in [0, 0.1) is 0 Å². The lowest BCUT2D eigenvalue weighted by atomic mass is 9.92. The molecule has 3 aromatic heterocycles. The molecule has 0 atom stereocenters. The van der Waals surface area contributed by atoms with Gasteiger partial charge in [-0.05, 0) is 48.7 Å². The monoisotopic (exact) mass is 559 g/mol. The fourth-order valence-corrected chi connectivity index (χ4v) is 6.83. The van der Waals surface area contributed by atoms with Crippen LogP contribution in [-0.2, 0) is 17.8 Å². The summed E-state index contributed by atoms with van der Waals surface area (Å²) in [4.78, 5) is 29.7. The van der Waals surface area contributed by atoms with Gasteiger partial charge in [0.2, 0.25) is 0 Å². The van der Waals surface area contributed by atoms with Gasteiger partial charge in [0.15, 0.2) is 0 Å². The third-order valence-electron chi connectivity index (χ3n) is 7.31. The number of aryl methyl sites for hydroxylation is 1. The average molecular weight is 560 g/mol. The van der Waals surface area contributed by atoms with Crippen molar-refractivity contribution >= 4 is 56.1 Å². The van der Waals surface area contributed by atoms with Crippen LogP contribution < -0.4 is 15.8 Å². The van der Waals surface area contributed by atoms with Crippen LogP contribution in [0.25, 0.3) is 32.1 Å². The van der Waals surface area contributed by atoms with E-state index in [4.69, 9.17) is 21.5 Å². The number of carboxylic acid groups (broad SMARTS) is 1. The molecule has 0 bridgehead atoms. The van der Waals surface area contributed by atoms with Gasteiger partial charge in [-0.3, -0.25) is 14.6 Å². The zero-order valence-corrected chi connectivity index (χ0v) is 22.6. The smallest absolute Gasteiger partial charge is 0.290 e. The van der Waals surface area contributed by atoms with Crippen molar-refractivity contribution in [3.63, 3.8) is 0 Å². The lowest BCUT2D eigenvalue weighted by Gasteiger charge is -2.44. The van der Waals surface area contributed by atoms with Gasteiger partial charge in [-0.25, -0.2) is 4.68 Å². The maximum atomic E-state index is 13.0. The highest BCUT2D eigenvalue weighted by molar-refractivity contribution is 7.19. The highest BCUT2D eigenvalue weighted by Gasteiger charge is 2.31. The van der Waals surface area contributed by atoms with Crippen molar-refractivity contribution in [3.05, 3.63) is 86.7 Å². The molecule has 2 aliphatic heterocycles. The predicted octanol–water partition coefficient (Wildman–Crippen LogP) is 4.80. The van der Waals surface area contributed by atoms with E-state index in [1.165, 1.54) is 16.8 Å². The standard InChI is InChI=1S/C28H24ClN5OS.CH2O2/c29-19-10-17-5-3-9-33(20-14-30-15-20)26(17)24(11-19)23-7-8-31-25-12-21(36-27(23)25)16-34-28(35)22-6-2-1-4-18(22)13-32-34;2-1-3/h1-2,4,6-8,10-13,20,30H,3,5,9,14-16H2;1H,(H,2,3). The molecule has 0 aliphatic carbocycles. The Bertz CT molecular complexity index is 1750. The molecule has 7 rings (SSSR count). The Morgan fingerprint density at radius 1 is 1.15 bits per heavy atom. The van der Waals surface area contributed by atoms with E-state index in [9.17, 15) is 4.79 Å². The van der Waals surface area contributed by atoms with Gasteiger partial charge < -0.3 is 15.3 Å². The number of nitrogens with zero attached hydrogens (tertiary/aromatic N) is 4. The minimum absolute atomic E-state index is 0.0765. The van der Waals surface area contributed by atoms with Gasteiger partial charge in [0.05, 0.1) is 34.4 Å². The van der Waals surface area contributed by atoms with Gasteiger partial charge in [-0.1, -0.05) is 29.8 Å². The molecule has 5 heterocycles. The third kappa shape index (κ3) is 4.78. The van der Waals surface area contributed by atoms with Crippen molar-refractivity contribution in [2.75, 3.05) is 24.5 Å². The summed E-state index contributed by atoms with van der Waals surface area (Å²) in [5.41, 5.74) is 5.81. The Kier molecular flexibility index (Phi) is 7.03. The van der Waals surface area contributed by atoms with Gasteiger partial charge in [-0.15, -0.1) is 11.3 Å². The number of anilines is 1. The van der Waals surface area contributed by atoms with E-state index in [1.807, 2.05) is 30.5 Å². The first-order valence-electron chi connectivity index (χ1n) is 12.8. The van der Waals surface area contributed by atoms with Crippen molar-refractivity contribution in [1.82, 2.24) is 20.1 Å². The normalized spacial score (nSPS) is 14.9. The summed E-state index contributed by atoms with van der Waals surface area (Å²) in [7, 11) is 0. The summed E-state index contributed by atoms with van der Waals surface area (Å²) in [5, 5.41) is 17.0. The number of hydrogen-bond acceptors (Lipinski definition) is 7. The Morgan fingerprint density at radius 2 is 1.97 bits per heavy atom. The van der Waals surface area contributed by atoms with E-state index < -0.39 is 0 Å². The first-order chi connectivity index (χ1) is 19.1. The van der Waals surface area contributed by atoms with Crippen LogP contribution in [0.5, 0.6) is 0 Å². The van der Waals surface area contributed by atoms with Gasteiger partial charge in [0.25, 0.3) is 12.0 Å². The molecular formula is C29H26ClN5O3S. The van der Waals surface area contributed by atoms with Crippen LogP contribution in [0.4, 0.5) is 5.69 Å². The van der Waals surface area contributed by atoms with Crippen LogP contribution in [0.2, 0.25) is 5.02 Å². The molecule has 2 aromatic carbocycles. The predicted molar refractivity (Wildman–Crippen MR) is 156 cm³/mol. The largest absolute Gasteiger partial charge is 0.483 e. The zero-order valence-electron chi connectivity index (χ0n) is 21.0. The molecule has 198 valence electrons. The molecule has 39 heavy (non-hydrogen) atoms. The summed E-state index contributed by atoms with van der Waals surface area (Å²) in [6.07, 6.45) is 5.82. The lowest BCUT2D eigenvalue weighted by molar-refractivity contribution is -0.122. The molecule has 0 saturated carbocycles. The fraction of sp³-hybridized carbons (Fsp3) is 0.241. The number of pyridine rings is 1. The van der Waals surface area contributed by atoms with E-state index in [-0.39, 0.29) is 12.0 Å². The number of benzene rings is 2. The number of aromatic nitrogens is 3. The number of fused-ring (bicyclic) bond motifs is 3. The number of carbonyl (C=O) groups is 1. The van der Waals surface area contributed by atoms with Crippen molar-refractivity contribution < 1.29 is 9.90 Å². The topological polar surface area (TPSA) is 100 Å². The fourth-order valence-electron chi connectivity index (χ4n) is 5.47. The summed E-state index contributed by atoms with van der Waals surface area (Å²) in [5.74, 6) is 0. The SMILES string of the molecule is O=CO.O=c1c2ccccc2cnn1Cc1cc2nccc(-c3cc(Cl)cc4c3N(C3CNC3)CCC4)c2s1. The summed E-state index contributed by atoms with van der Waals surface area (Å²) in [6.45, 7) is 3.26. The molecule has 0 amide bonds. The molecular weight excluding hydrogens is 534 g/mol. The van der Waals surface area contributed by atoms with Gasteiger partial charge in [0.1, 0.15) is 0 Å². The molecule has 0 spiro atoms. The van der Waals surface area contributed by atoms with E-state index in [1.54, 1.807) is 22.2 Å². The lowest BCUT2D eigenvalue weighted by Crippen LogP contribution is -2.58. The second-order valence-corrected chi connectivity index (χ2v) is 11.2. The highest BCUT2D eigenvalue weighted by atomic mass is 35.5. The molecule has 0 unspecified atom stereocenters. The van der Waals surface area contributed by atoms with Crippen molar-refractivity contribution in [1.29, 1.82) is 0 Å². The van der Waals surface area contributed by atoms with Crippen LogP contribution in [0.15, 0.2) is 65.7 Å². The summed E-state index contributed by atoms with van der Waals surface area (Å²) < 4.78 is 2.65. The minimum atomic E-state index is -0.250. The maximum absolute atomic E-state index is 13.0. The van der Waals surface area contributed by atoms with E-state index >= 15 is 0 Å².